The number of sulfonamides is 1. The van der Waals surface area contributed by atoms with E-state index in [1.807, 2.05) is 6.07 Å². The monoisotopic (exact) mass is 462 g/mol. The minimum Gasteiger partial charge on any atom is -0.483 e. The van der Waals surface area contributed by atoms with Crippen LogP contribution in [0.2, 0.25) is 0 Å². The lowest BCUT2D eigenvalue weighted by Crippen LogP contribution is -2.20. The van der Waals surface area contributed by atoms with Gasteiger partial charge in [-0.1, -0.05) is 12.1 Å². The molecule has 0 unspecified atom stereocenters. The molecule has 10 heteroatoms. The number of aromatic nitrogens is 2. The summed E-state index contributed by atoms with van der Waals surface area (Å²) in [6.07, 6.45) is 2.86. The van der Waals surface area contributed by atoms with E-state index in [1.54, 1.807) is 24.3 Å². The van der Waals surface area contributed by atoms with Gasteiger partial charge in [0.05, 0.1) is 9.37 Å². The van der Waals surface area contributed by atoms with Gasteiger partial charge in [0.15, 0.2) is 6.61 Å². The number of hydrogen-bond acceptors (Lipinski definition) is 6. The van der Waals surface area contributed by atoms with Crippen molar-refractivity contribution in [2.24, 2.45) is 0 Å². The number of nitrogens with zero attached hydrogens (tertiary/aromatic N) is 2. The number of para-hydroxylation sites is 1. The van der Waals surface area contributed by atoms with Gasteiger partial charge < -0.3 is 10.1 Å². The zero-order chi connectivity index (χ0) is 20.0. The van der Waals surface area contributed by atoms with Crippen molar-refractivity contribution >= 4 is 43.5 Å². The minimum atomic E-state index is -3.83. The van der Waals surface area contributed by atoms with Gasteiger partial charge in [0.1, 0.15) is 5.75 Å². The summed E-state index contributed by atoms with van der Waals surface area (Å²) >= 11 is 3.33. The van der Waals surface area contributed by atoms with Crippen LogP contribution in [-0.2, 0) is 14.8 Å². The molecule has 0 spiro atoms. The fraction of sp³-hybridized carbons (Fsp3) is 0.0556. The first-order valence-corrected chi connectivity index (χ1v) is 10.3. The molecular weight excluding hydrogens is 448 g/mol. The van der Waals surface area contributed by atoms with Crippen LogP contribution < -0.4 is 14.8 Å². The average molecular weight is 463 g/mol. The van der Waals surface area contributed by atoms with Gasteiger partial charge in [0.2, 0.25) is 5.95 Å². The molecule has 0 atom stereocenters. The van der Waals surface area contributed by atoms with Gasteiger partial charge >= 0.3 is 0 Å². The molecule has 0 saturated heterocycles. The highest BCUT2D eigenvalue weighted by Gasteiger charge is 2.15. The van der Waals surface area contributed by atoms with Crippen LogP contribution in [0.15, 0.2) is 76.4 Å². The number of carbonyl (C=O) groups excluding carboxylic acids is 1. The number of ether oxygens (including phenoxy) is 1. The van der Waals surface area contributed by atoms with Gasteiger partial charge in [0.25, 0.3) is 15.9 Å². The molecule has 1 heterocycles. The molecule has 0 radical (unpaired) electrons. The third kappa shape index (κ3) is 5.27. The summed E-state index contributed by atoms with van der Waals surface area (Å²) in [5.41, 5.74) is 0.440. The Morgan fingerprint density at radius 3 is 2.36 bits per heavy atom. The van der Waals surface area contributed by atoms with E-state index in [9.17, 15) is 13.2 Å². The Hall–Kier alpha value is -2.98. The average Bonchev–Trinajstić information content (AvgIpc) is 2.68. The lowest BCUT2D eigenvalue weighted by molar-refractivity contribution is -0.118. The summed E-state index contributed by atoms with van der Waals surface area (Å²) in [7, 11) is -3.83. The topological polar surface area (TPSA) is 110 Å². The number of anilines is 2. The van der Waals surface area contributed by atoms with Gasteiger partial charge in [-0.3, -0.25) is 4.79 Å². The molecule has 2 N–H and O–H groups in total. The quantitative estimate of drug-likeness (QED) is 0.558. The van der Waals surface area contributed by atoms with Crippen molar-refractivity contribution in [3.05, 3.63) is 71.5 Å². The number of rotatable bonds is 7. The second-order valence-corrected chi connectivity index (χ2v) is 8.01. The molecule has 3 aromatic rings. The van der Waals surface area contributed by atoms with Crippen molar-refractivity contribution in [1.82, 2.24) is 9.97 Å². The zero-order valence-electron chi connectivity index (χ0n) is 14.4. The van der Waals surface area contributed by atoms with Crippen molar-refractivity contribution in [3.8, 4) is 5.75 Å². The predicted molar refractivity (Wildman–Crippen MR) is 108 cm³/mol. The van der Waals surface area contributed by atoms with E-state index in [0.29, 0.717) is 11.4 Å². The van der Waals surface area contributed by atoms with Crippen LogP contribution >= 0.6 is 15.9 Å². The van der Waals surface area contributed by atoms with E-state index in [2.05, 4.69) is 35.9 Å². The summed E-state index contributed by atoms with van der Waals surface area (Å²) < 4.78 is 33.1. The predicted octanol–water partition coefficient (Wildman–Crippen LogP) is 3.06. The Morgan fingerprint density at radius 2 is 1.68 bits per heavy atom. The third-order valence-electron chi connectivity index (χ3n) is 3.44. The molecule has 144 valence electrons. The molecule has 0 aliphatic heterocycles. The Morgan fingerprint density at radius 1 is 1.00 bits per heavy atom. The van der Waals surface area contributed by atoms with Crippen LogP contribution in [-0.4, -0.2) is 30.9 Å². The van der Waals surface area contributed by atoms with Crippen molar-refractivity contribution in [2.45, 2.75) is 4.90 Å². The fourth-order valence-corrected chi connectivity index (χ4v) is 3.51. The summed E-state index contributed by atoms with van der Waals surface area (Å²) in [4.78, 5) is 19.7. The molecule has 2 aromatic carbocycles. The lowest BCUT2D eigenvalue weighted by Gasteiger charge is -2.10. The van der Waals surface area contributed by atoms with Gasteiger partial charge in [-0.25, -0.2) is 23.1 Å². The van der Waals surface area contributed by atoms with Crippen LogP contribution in [0.5, 0.6) is 5.75 Å². The summed E-state index contributed by atoms with van der Waals surface area (Å²) in [6, 6.07) is 14.5. The van der Waals surface area contributed by atoms with Crippen molar-refractivity contribution < 1.29 is 17.9 Å². The number of benzene rings is 2. The van der Waals surface area contributed by atoms with E-state index in [1.165, 1.54) is 36.7 Å². The third-order valence-corrected chi connectivity index (χ3v) is 5.43. The maximum atomic E-state index is 12.3. The van der Waals surface area contributed by atoms with Crippen molar-refractivity contribution in [3.63, 3.8) is 0 Å². The molecule has 0 bridgehead atoms. The lowest BCUT2D eigenvalue weighted by atomic mass is 10.3. The number of carbonyl (C=O) groups is 1. The highest BCUT2D eigenvalue weighted by atomic mass is 79.9. The van der Waals surface area contributed by atoms with E-state index in [-0.39, 0.29) is 23.4 Å². The molecule has 28 heavy (non-hydrogen) atoms. The highest BCUT2D eigenvalue weighted by molar-refractivity contribution is 9.10. The molecule has 0 fully saturated rings. The summed E-state index contributed by atoms with van der Waals surface area (Å²) in [5.74, 6) is 0.152. The van der Waals surface area contributed by atoms with Gasteiger partial charge in [-0.15, -0.1) is 0 Å². The van der Waals surface area contributed by atoms with Crippen molar-refractivity contribution in [1.29, 1.82) is 0 Å². The molecule has 0 aliphatic rings. The molecule has 0 saturated carbocycles. The fourth-order valence-electron chi connectivity index (χ4n) is 2.15. The normalized spacial score (nSPS) is 10.9. The maximum absolute atomic E-state index is 12.3. The first kappa shape index (κ1) is 19.8. The van der Waals surface area contributed by atoms with E-state index < -0.39 is 10.0 Å². The Balaban J connectivity index is 1.59. The molecule has 0 aliphatic carbocycles. The Labute approximate surface area is 170 Å². The smallest absolute Gasteiger partial charge is 0.264 e. The second kappa shape index (κ2) is 8.81. The SMILES string of the molecule is O=C(COc1ccccc1Br)Nc1ccc(S(=O)(=O)Nc2ncccn2)cc1. The minimum absolute atomic E-state index is 0.0161. The van der Waals surface area contributed by atoms with Crippen molar-refractivity contribution in [2.75, 3.05) is 16.6 Å². The van der Waals surface area contributed by atoms with Crippen LogP contribution in [0.3, 0.4) is 0 Å². The van der Waals surface area contributed by atoms with Gasteiger partial charge in [-0.2, -0.15) is 0 Å². The standard InChI is InChI=1S/C18H15BrN4O4S/c19-15-4-1-2-5-16(15)27-12-17(24)22-13-6-8-14(9-7-13)28(25,26)23-18-20-10-3-11-21-18/h1-11H,12H2,(H,22,24)(H,20,21,23). The van der Waals surface area contributed by atoms with E-state index in [0.717, 1.165) is 4.47 Å². The number of nitrogens with one attached hydrogen (secondary N) is 2. The molecule has 3 rings (SSSR count). The number of halogens is 1. The summed E-state index contributed by atoms with van der Waals surface area (Å²) in [6.45, 7) is -0.185. The van der Waals surface area contributed by atoms with Gasteiger partial charge in [-0.05, 0) is 58.4 Å². The van der Waals surface area contributed by atoms with Gasteiger partial charge in [0, 0.05) is 18.1 Å². The van der Waals surface area contributed by atoms with Crippen LogP contribution in [0, 0.1) is 0 Å². The van der Waals surface area contributed by atoms with E-state index >= 15 is 0 Å². The second-order valence-electron chi connectivity index (χ2n) is 5.47. The molecule has 1 aromatic heterocycles. The molecule has 1 amide bonds. The molecule has 8 nitrogen and oxygen atoms in total. The summed E-state index contributed by atoms with van der Waals surface area (Å²) in [5, 5.41) is 2.64. The molecular formula is C18H15BrN4O4S. The van der Waals surface area contributed by atoms with Crippen LogP contribution in [0.1, 0.15) is 0 Å². The first-order valence-electron chi connectivity index (χ1n) is 8.01. The zero-order valence-corrected chi connectivity index (χ0v) is 16.8. The van der Waals surface area contributed by atoms with Crippen LogP contribution in [0.25, 0.3) is 0 Å². The Kier molecular flexibility index (Phi) is 6.22. The Bertz CT molecular complexity index is 1060. The maximum Gasteiger partial charge on any atom is 0.264 e. The first-order chi connectivity index (χ1) is 13.4. The highest BCUT2D eigenvalue weighted by Crippen LogP contribution is 2.23. The number of amides is 1. The number of hydrogen-bond donors (Lipinski definition) is 2. The van der Waals surface area contributed by atoms with E-state index in [4.69, 9.17) is 4.74 Å². The largest absolute Gasteiger partial charge is 0.483 e. The van der Waals surface area contributed by atoms with Crippen LogP contribution in [0.4, 0.5) is 11.6 Å².